The number of nitrogens with zero attached hydrogens (tertiary/aromatic N) is 2. The minimum absolute atomic E-state index is 0.0340. The molecule has 0 saturated heterocycles. The maximum Gasteiger partial charge on any atom is 0.0544 e. The van der Waals surface area contributed by atoms with Crippen molar-refractivity contribution in [1.82, 2.24) is 9.88 Å². The monoisotopic (exact) mass is 207 g/mol. The van der Waals surface area contributed by atoms with E-state index in [1.54, 1.807) is 0 Å². The number of nitrogens with two attached hydrogens (primary N) is 1. The average Bonchev–Trinajstić information content (AvgIpc) is 2.27. The van der Waals surface area contributed by atoms with E-state index in [1.165, 1.54) is 0 Å². The Labute approximate surface area is 92.3 Å². The Morgan fingerprint density at radius 3 is 2.60 bits per heavy atom. The van der Waals surface area contributed by atoms with Crippen molar-refractivity contribution in [3.05, 3.63) is 30.1 Å². The van der Waals surface area contributed by atoms with Crippen LogP contribution < -0.4 is 5.73 Å². The molecule has 0 radical (unpaired) electrons. The Morgan fingerprint density at radius 1 is 1.40 bits per heavy atom. The lowest BCUT2D eigenvalue weighted by Crippen LogP contribution is -2.48. The van der Waals surface area contributed by atoms with Gasteiger partial charge in [-0.15, -0.1) is 0 Å². The number of rotatable bonds is 5. The molecule has 0 amide bonds. The average molecular weight is 207 g/mol. The molecular formula is C12H21N3. The minimum Gasteiger partial charge on any atom is -0.329 e. The summed E-state index contributed by atoms with van der Waals surface area (Å²) >= 11 is 0. The Hall–Kier alpha value is -0.930. The first-order valence-corrected chi connectivity index (χ1v) is 5.45. The molecule has 1 heterocycles. The lowest BCUT2D eigenvalue weighted by molar-refractivity contribution is 0.124. The third-order valence-electron chi connectivity index (χ3n) is 2.82. The van der Waals surface area contributed by atoms with Crippen LogP contribution >= 0.6 is 0 Å². The van der Waals surface area contributed by atoms with Gasteiger partial charge in [-0.05, 0) is 32.5 Å². The molecule has 0 saturated carbocycles. The fourth-order valence-corrected chi connectivity index (χ4v) is 1.57. The van der Waals surface area contributed by atoms with Gasteiger partial charge >= 0.3 is 0 Å². The molecule has 1 aromatic rings. The maximum atomic E-state index is 5.77. The molecule has 0 bridgehead atoms. The largest absolute Gasteiger partial charge is 0.329 e. The van der Waals surface area contributed by atoms with Crippen LogP contribution in [-0.2, 0) is 6.54 Å². The van der Waals surface area contributed by atoms with Gasteiger partial charge in [-0.2, -0.15) is 0 Å². The Balaban J connectivity index is 2.70. The first kappa shape index (κ1) is 12.1. The van der Waals surface area contributed by atoms with E-state index in [2.05, 4.69) is 36.7 Å². The lowest BCUT2D eigenvalue weighted by atomic mass is 10.0. The van der Waals surface area contributed by atoms with Crippen molar-refractivity contribution in [2.75, 3.05) is 13.1 Å². The molecule has 0 atom stereocenters. The summed E-state index contributed by atoms with van der Waals surface area (Å²) in [6, 6.07) is 6.01. The third kappa shape index (κ3) is 3.29. The number of hydrogen-bond donors (Lipinski definition) is 1. The zero-order chi connectivity index (χ0) is 11.3. The molecule has 0 spiro atoms. The van der Waals surface area contributed by atoms with Crippen LogP contribution in [0.2, 0.25) is 0 Å². The number of hydrogen-bond acceptors (Lipinski definition) is 3. The predicted octanol–water partition coefficient (Wildman–Crippen LogP) is 1.64. The van der Waals surface area contributed by atoms with Gasteiger partial charge in [0.2, 0.25) is 0 Å². The fraction of sp³-hybridized carbons (Fsp3) is 0.583. The maximum absolute atomic E-state index is 5.77. The smallest absolute Gasteiger partial charge is 0.0544 e. The van der Waals surface area contributed by atoms with E-state index in [-0.39, 0.29) is 5.54 Å². The van der Waals surface area contributed by atoms with E-state index >= 15 is 0 Å². The van der Waals surface area contributed by atoms with Crippen LogP contribution in [0.4, 0.5) is 0 Å². The summed E-state index contributed by atoms with van der Waals surface area (Å²) in [4.78, 5) is 6.67. The van der Waals surface area contributed by atoms with Crippen LogP contribution in [0.1, 0.15) is 26.5 Å². The highest BCUT2D eigenvalue weighted by atomic mass is 15.2. The van der Waals surface area contributed by atoms with Crippen molar-refractivity contribution < 1.29 is 0 Å². The summed E-state index contributed by atoms with van der Waals surface area (Å²) in [5.74, 6) is 0. The summed E-state index contributed by atoms with van der Waals surface area (Å²) in [6.07, 6.45) is 1.83. The summed E-state index contributed by atoms with van der Waals surface area (Å²) in [6.45, 7) is 9.00. The molecule has 84 valence electrons. The van der Waals surface area contributed by atoms with Crippen LogP contribution in [0.5, 0.6) is 0 Å². The van der Waals surface area contributed by atoms with Gasteiger partial charge in [0.15, 0.2) is 0 Å². The van der Waals surface area contributed by atoms with Crippen LogP contribution in [0.15, 0.2) is 24.4 Å². The summed E-state index contributed by atoms with van der Waals surface area (Å²) in [5.41, 5.74) is 6.91. The molecule has 1 aromatic heterocycles. The van der Waals surface area contributed by atoms with E-state index in [0.29, 0.717) is 6.54 Å². The highest BCUT2D eigenvalue weighted by Gasteiger charge is 2.23. The van der Waals surface area contributed by atoms with Crippen molar-refractivity contribution in [3.63, 3.8) is 0 Å². The van der Waals surface area contributed by atoms with Gasteiger partial charge in [-0.25, -0.2) is 0 Å². The molecule has 0 fully saturated rings. The minimum atomic E-state index is 0.0340. The van der Waals surface area contributed by atoms with Gasteiger partial charge in [0, 0.05) is 24.8 Å². The van der Waals surface area contributed by atoms with Gasteiger partial charge < -0.3 is 5.73 Å². The van der Waals surface area contributed by atoms with Crippen molar-refractivity contribution in [1.29, 1.82) is 0 Å². The van der Waals surface area contributed by atoms with E-state index in [9.17, 15) is 0 Å². The topological polar surface area (TPSA) is 42.2 Å². The molecule has 0 aromatic carbocycles. The van der Waals surface area contributed by atoms with Crippen LogP contribution in [0, 0.1) is 0 Å². The van der Waals surface area contributed by atoms with Crippen molar-refractivity contribution in [2.24, 2.45) is 5.73 Å². The lowest BCUT2D eigenvalue weighted by Gasteiger charge is -2.36. The zero-order valence-electron chi connectivity index (χ0n) is 9.90. The van der Waals surface area contributed by atoms with Gasteiger partial charge in [0.05, 0.1) is 5.69 Å². The molecule has 0 aliphatic carbocycles. The Morgan fingerprint density at radius 2 is 2.13 bits per heavy atom. The van der Waals surface area contributed by atoms with E-state index in [4.69, 9.17) is 5.73 Å². The van der Waals surface area contributed by atoms with Crippen LogP contribution in [0.3, 0.4) is 0 Å². The summed E-state index contributed by atoms with van der Waals surface area (Å²) in [5, 5.41) is 0. The first-order valence-electron chi connectivity index (χ1n) is 5.45. The van der Waals surface area contributed by atoms with Gasteiger partial charge in [-0.1, -0.05) is 13.0 Å². The number of pyridine rings is 1. The van der Waals surface area contributed by atoms with Crippen LogP contribution in [0.25, 0.3) is 0 Å². The summed E-state index contributed by atoms with van der Waals surface area (Å²) < 4.78 is 0. The van der Waals surface area contributed by atoms with Gasteiger partial charge in [0.25, 0.3) is 0 Å². The molecule has 15 heavy (non-hydrogen) atoms. The fourth-order valence-electron chi connectivity index (χ4n) is 1.57. The van der Waals surface area contributed by atoms with Crippen LogP contribution in [-0.4, -0.2) is 28.5 Å². The second-order valence-corrected chi connectivity index (χ2v) is 4.35. The van der Waals surface area contributed by atoms with Crippen molar-refractivity contribution in [2.45, 2.75) is 32.9 Å². The summed E-state index contributed by atoms with van der Waals surface area (Å²) in [7, 11) is 0. The van der Waals surface area contributed by atoms with Gasteiger partial charge in [-0.3, -0.25) is 9.88 Å². The SMILES string of the molecule is CCN(Cc1ccccn1)C(C)(C)CN. The molecule has 3 nitrogen and oxygen atoms in total. The van der Waals surface area contributed by atoms with Gasteiger partial charge in [0.1, 0.15) is 0 Å². The first-order chi connectivity index (χ1) is 7.10. The Bertz CT molecular complexity index is 282. The predicted molar refractivity (Wildman–Crippen MR) is 63.5 cm³/mol. The second kappa shape index (κ2) is 5.24. The number of aromatic nitrogens is 1. The highest BCUT2D eigenvalue weighted by molar-refractivity contribution is 5.04. The molecule has 0 aliphatic rings. The van der Waals surface area contributed by atoms with E-state index in [0.717, 1.165) is 18.8 Å². The zero-order valence-corrected chi connectivity index (χ0v) is 9.90. The molecule has 0 unspecified atom stereocenters. The number of likely N-dealkylation sites (N-methyl/N-ethyl adjacent to an activating group) is 1. The Kier molecular flexibility index (Phi) is 4.24. The van der Waals surface area contributed by atoms with Crippen molar-refractivity contribution in [3.8, 4) is 0 Å². The quantitative estimate of drug-likeness (QED) is 0.798. The van der Waals surface area contributed by atoms with E-state index < -0.39 is 0 Å². The normalized spacial score (nSPS) is 12.1. The standard InChI is InChI=1S/C12H21N3/c1-4-15(12(2,3)10-13)9-11-7-5-6-8-14-11/h5-8H,4,9-10,13H2,1-3H3. The molecule has 2 N–H and O–H groups in total. The van der Waals surface area contributed by atoms with E-state index in [1.807, 2.05) is 18.3 Å². The second-order valence-electron chi connectivity index (χ2n) is 4.35. The molecular weight excluding hydrogens is 186 g/mol. The van der Waals surface area contributed by atoms with Crippen molar-refractivity contribution >= 4 is 0 Å². The molecule has 1 rings (SSSR count). The molecule has 3 heteroatoms. The third-order valence-corrected chi connectivity index (χ3v) is 2.82. The molecule has 0 aliphatic heterocycles. The highest BCUT2D eigenvalue weighted by Crippen LogP contribution is 2.15.